The molecule has 0 aliphatic rings. The van der Waals surface area contributed by atoms with E-state index in [1.807, 2.05) is 90.7 Å². The maximum Gasteiger partial charge on any atom is 0.213 e. The molecule has 21 rings (SSSR count). The van der Waals surface area contributed by atoms with E-state index in [4.69, 9.17) is 0 Å². The molecule has 0 spiro atoms. The van der Waals surface area contributed by atoms with Crippen LogP contribution in [-0.2, 0) is 28.2 Å². The van der Waals surface area contributed by atoms with Crippen molar-refractivity contribution >= 4 is 209 Å². The summed E-state index contributed by atoms with van der Waals surface area (Å²) in [5.74, 6) is 0. The Morgan fingerprint density at radius 2 is 0.631 bits per heavy atom. The number of aromatic nitrogens is 4. The number of rotatable bonds is 5. The van der Waals surface area contributed by atoms with Gasteiger partial charge in [-0.25, -0.2) is 18.3 Å². The first-order valence-electron chi connectivity index (χ1n) is 34.6. The minimum absolute atomic E-state index is 1.25. The molecule has 0 N–H and O–H groups in total. The third kappa shape index (κ3) is 11.5. The number of aryl methyl sites for hydroxylation is 9. The van der Waals surface area contributed by atoms with Gasteiger partial charge in [-0.1, -0.05) is 115 Å². The van der Waals surface area contributed by atoms with Gasteiger partial charge in [0, 0.05) is 141 Å². The predicted octanol–water partition coefficient (Wildman–Crippen LogP) is 26.3. The summed E-state index contributed by atoms with van der Waals surface area (Å²) in [7, 11) is 8.49. The van der Waals surface area contributed by atoms with Crippen LogP contribution in [0, 0.1) is 34.6 Å². The number of pyridine rings is 4. The summed E-state index contributed by atoms with van der Waals surface area (Å²) in [5.41, 5.74) is 19.5. The molecule has 0 aliphatic heterocycles. The van der Waals surface area contributed by atoms with Gasteiger partial charge in [-0.15, -0.1) is 90.7 Å². The van der Waals surface area contributed by atoms with Crippen molar-refractivity contribution < 1.29 is 18.3 Å². The van der Waals surface area contributed by atoms with E-state index < -0.39 is 0 Å². The van der Waals surface area contributed by atoms with Crippen molar-refractivity contribution in [2.45, 2.75) is 34.6 Å². The maximum absolute atomic E-state index is 2.39. The van der Waals surface area contributed by atoms with Crippen LogP contribution in [0.5, 0.6) is 0 Å². The van der Waals surface area contributed by atoms with E-state index in [9.17, 15) is 0 Å². The highest BCUT2D eigenvalue weighted by molar-refractivity contribution is 7.46. The average molecular weight is 1480 g/mol. The lowest BCUT2D eigenvalue weighted by molar-refractivity contribution is -0.660. The molecule has 498 valence electrons. The van der Waals surface area contributed by atoms with Crippen molar-refractivity contribution in [3.8, 4) is 56.2 Å². The maximum atomic E-state index is 2.39. The van der Waals surface area contributed by atoms with E-state index >= 15 is 0 Å². The molecule has 0 bridgehead atoms. The van der Waals surface area contributed by atoms with E-state index in [1.54, 1.807) is 0 Å². The number of hydrogen-bond donors (Lipinski definition) is 0. The molecule has 0 fully saturated rings. The molecule has 9 aromatic carbocycles. The minimum atomic E-state index is 1.25. The standard InChI is InChI=1S/C27H20NS2.C22H18NS2.2C21H16NS2/c1-17-14-22-25(30-27-26(22)20-10-6-7-11-24(20)29-27)16-21(17)23-15-19(12-13-28(23)2)18-8-4-3-5-9-18;1-13-8-9-23(3)18(10-13)16-12-20-17(11-14(16)2)21-15-6-4-5-7-19(15)24-22(21)25-20;1-13-10-11-15-19(18(13)16-8-5-6-12-22(16)2)24-20-14-7-3-4-9-17(14)23-21(15)20;1-13-11-16-19(12-15(13)17-8-5-6-10-22(17)2)24-21-20(16)14-7-3-4-9-18(14)23-21/h3-16H,1-2H3;4-12H,1-3H3;2*3-12H,1-2H3/q4*+1. The first kappa shape index (κ1) is 65.3. The molecule has 21 aromatic rings. The zero-order chi connectivity index (χ0) is 69.9. The van der Waals surface area contributed by atoms with Gasteiger partial charge in [0.25, 0.3) is 0 Å². The van der Waals surface area contributed by atoms with Crippen LogP contribution < -0.4 is 18.3 Å². The summed E-state index contributed by atoms with van der Waals surface area (Å²) >= 11 is 15.4. The van der Waals surface area contributed by atoms with Crippen LogP contribution >= 0.6 is 90.7 Å². The fourth-order valence-corrected chi connectivity index (χ4v) is 25.7. The van der Waals surface area contributed by atoms with Gasteiger partial charge in [0.1, 0.15) is 28.2 Å². The Kier molecular flexibility index (Phi) is 16.8. The molecule has 0 atom stereocenters. The number of nitrogens with zero attached hydrogens (tertiary/aromatic N) is 4. The fourth-order valence-electron chi connectivity index (χ4n) is 14.9. The Bertz CT molecular complexity index is 6940. The zero-order valence-electron chi connectivity index (χ0n) is 58.4. The molecule has 0 radical (unpaired) electrons. The SMILES string of the molecule is Cc1cc2c(cc1-c1cc(-c3ccccc3)cc[n+]1C)sc1sc3ccccc3c12.Cc1cc2c(cc1-c1cccc[n+]1C)sc1sc3ccccc3c12.Cc1cc[n+](C)c(-c2cc3sc4sc5ccccc5c4c3cc2C)c1.Cc1ccc2c(sc3c4ccccc4sc23)c1-c1cccc[n+]1C. The van der Waals surface area contributed by atoms with E-state index in [2.05, 4.69) is 342 Å². The summed E-state index contributed by atoms with van der Waals surface area (Å²) in [4.78, 5) is 0. The molecule has 12 heteroatoms. The molecule has 103 heavy (non-hydrogen) atoms. The lowest BCUT2D eigenvalue weighted by atomic mass is 9.98. The first-order chi connectivity index (χ1) is 50.3. The second-order valence-electron chi connectivity index (χ2n) is 26.9. The lowest BCUT2D eigenvalue weighted by Gasteiger charge is -2.08. The monoisotopic (exact) mass is 1470 g/mol. The van der Waals surface area contributed by atoms with E-state index in [0.29, 0.717) is 0 Å². The molecular formula is C91H70N4S8+4. The van der Waals surface area contributed by atoms with Crippen molar-refractivity contribution in [2.75, 3.05) is 0 Å². The third-order valence-electron chi connectivity index (χ3n) is 20.2. The Morgan fingerprint density at radius 1 is 0.233 bits per heavy atom. The Labute approximate surface area is 629 Å². The van der Waals surface area contributed by atoms with Crippen LogP contribution in [0.15, 0.2) is 261 Å². The van der Waals surface area contributed by atoms with E-state index in [1.165, 1.54) is 202 Å². The topological polar surface area (TPSA) is 15.5 Å². The van der Waals surface area contributed by atoms with Crippen LogP contribution in [0.2, 0.25) is 0 Å². The average Bonchev–Trinajstić information content (AvgIpc) is 1.61. The van der Waals surface area contributed by atoms with Crippen LogP contribution in [0.3, 0.4) is 0 Å². The van der Waals surface area contributed by atoms with Crippen molar-refractivity contribution in [1.29, 1.82) is 0 Å². The van der Waals surface area contributed by atoms with Crippen molar-refractivity contribution in [2.24, 2.45) is 28.2 Å². The Balaban J connectivity index is 0.0000000985. The summed E-state index contributed by atoms with van der Waals surface area (Å²) in [6.07, 6.45) is 8.55. The van der Waals surface area contributed by atoms with Gasteiger partial charge in [0.2, 0.25) is 22.8 Å². The molecule has 0 saturated heterocycles. The Morgan fingerprint density at radius 3 is 1.14 bits per heavy atom. The zero-order valence-corrected chi connectivity index (χ0v) is 64.9. The van der Waals surface area contributed by atoms with Crippen LogP contribution in [0.4, 0.5) is 0 Å². The van der Waals surface area contributed by atoms with Gasteiger partial charge in [0.15, 0.2) is 24.8 Å². The number of hydrogen-bond acceptors (Lipinski definition) is 8. The van der Waals surface area contributed by atoms with Crippen LogP contribution in [0.25, 0.3) is 174 Å². The highest BCUT2D eigenvalue weighted by Crippen LogP contribution is 2.51. The van der Waals surface area contributed by atoms with Gasteiger partial charge >= 0.3 is 0 Å². The minimum Gasteiger partial charge on any atom is -0.201 e. The fraction of sp³-hybridized carbons (Fsp3) is 0.0989. The lowest BCUT2D eigenvalue weighted by Crippen LogP contribution is -2.30. The van der Waals surface area contributed by atoms with Crippen molar-refractivity contribution in [1.82, 2.24) is 0 Å². The smallest absolute Gasteiger partial charge is 0.201 e. The van der Waals surface area contributed by atoms with Gasteiger partial charge in [0.05, 0.1) is 48.4 Å². The highest BCUT2D eigenvalue weighted by atomic mass is 32.2. The second-order valence-corrected chi connectivity index (χ2v) is 36.1. The number of benzene rings is 9. The first-order valence-corrected chi connectivity index (χ1v) is 41.1. The van der Waals surface area contributed by atoms with Gasteiger partial charge in [-0.3, -0.25) is 0 Å². The summed E-state index contributed by atoms with van der Waals surface area (Å²) < 4.78 is 27.1. The van der Waals surface area contributed by atoms with Gasteiger partial charge in [-0.05, 0) is 146 Å². The molecule has 0 unspecified atom stereocenters. The van der Waals surface area contributed by atoms with Gasteiger partial charge in [-0.2, -0.15) is 0 Å². The summed E-state index contributed by atoms with van der Waals surface area (Å²) in [5, 5.41) is 15.4. The summed E-state index contributed by atoms with van der Waals surface area (Å²) in [6.45, 7) is 11.1. The van der Waals surface area contributed by atoms with Crippen molar-refractivity contribution in [3.63, 3.8) is 0 Å². The normalized spacial score (nSPS) is 11.7. The van der Waals surface area contributed by atoms with Gasteiger partial charge < -0.3 is 0 Å². The third-order valence-corrected chi connectivity index (χ3v) is 30.0. The van der Waals surface area contributed by atoms with E-state index in [-0.39, 0.29) is 0 Å². The summed E-state index contributed by atoms with van der Waals surface area (Å²) in [6, 6.07) is 86.2. The predicted molar refractivity (Wildman–Crippen MR) is 454 cm³/mol. The molecule has 0 saturated carbocycles. The highest BCUT2D eigenvalue weighted by Gasteiger charge is 2.24. The number of thiophene rings is 8. The molecule has 4 nitrogen and oxygen atoms in total. The molecule has 0 aliphatic carbocycles. The molecule has 12 aromatic heterocycles. The van der Waals surface area contributed by atoms with Crippen LogP contribution in [-0.4, -0.2) is 0 Å². The van der Waals surface area contributed by atoms with Crippen molar-refractivity contribution in [3.05, 3.63) is 289 Å². The molecule has 0 amide bonds. The molecular weight excluding hydrogens is 1410 g/mol. The number of fused-ring (bicyclic) bond motifs is 20. The van der Waals surface area contributed by atoms with E-state index in [0.717, 1.165) is 0 Å². The largest absolute Gasteiger partial charge is 0.213 e. The quantitative estimate of drug-likeness (QED) is 0.153. The Hall–Kier alpha value is -9.70. The second kappa shape index (κ2) is 26.5. The van der Waals surface area contributed by atoms with Crippen LogP contribution in [0.1, 0.15) is 27.8 Å². The molecule has 12 heterocycles.